The Morgan fingerprint density at radius 3 is 2.50 bits per heavy atom. The van der Waals surface area contributed by atoms with Crippen molar-refractivity contribution < 1.29 is 4.79 Å². The van der Waals surface area contributed by atoms with Crippen LogP contribution in [-0.4, -0.2) is 35.0 Å². The minimum atomic E-state index is -0.452. The molecular formula is C20H23ClN6O. The molecule has 146 valence electrons. The van der Waals surface area contributed by atoms with Crippen LogP contribution in [0.5, 0.6) is 0 Å². The number of guanidine groups is 1. The molecule has 28 heavy (non-hydrogen) atoms. The van der Waals surface area contributed by atoms with Crippen molar-refractivity contribution in [3.05, 3.63) is 59.4 Å². The molecule has 0 aliphatic heterocycles. The highest BCUT2D eigenvalue weighted by Crippen LogP contribution is 2.23. The summed E-state index contributed by atoms with van der Waals surface area (Å²) < 4.78 is 0. The maximum Gasteiger partial charge on any atom is 0.252 e. The summed E-state index contributed by atoms with van der Waals surface area (Å²) in [5.41, 5.74) is 0.721. The van der Waals surface area contributed by atoms with Crippen LogP contribution >= 0.6 is 11.6 Å². The summed E-state index contributed by atoms with van der Waals surface area (Å²) in [7, 11) is 1.76. The number of aliphatic imine (C=N–C) groups is 1. The van der Waals surface area contributed by atoms with Crippen LogP contribution in [0.4, 0.5) is 5.69 Å². The fourth-order valence-corrected chi connectivity index (χ4v) is 2.74. The molecule has 2 N–H and O–H groups in total. The maximum absolute atomic E-state index is 12.7. The number of hydrogen-bond donors (Lipinski definition) is 2. The molecule has 0 aliphatic rings. The second kappa shape index (κ2) is 9.20. The molecule has 1 unspecified atom stereocenters. The highest BCUT2D eigenvalue weighted by atomic mass is 35.5. The third kappa shape index (κ3) is 5.69. The lowest BCUT2D eigenvalue weighted by atomic mass is 9.91. The van der Waals surface area contributed by atoms with Gasteiger partial charge in [-0.15, -0.1) is 0 Å². The first-order chi connectivity index (χ1) is 13.2. The Kier molecular flexibility index (Phi) is 6.96. The topological polar surface area (TPSA) is 93.4 Å². The summed E-state index contributed by atoms with van der Waals surface area (Å²) in [6, 6.07) is 10.2. The molecule has 0 radical (unpaired) electrons. The molecule has 0 saturated heterocycles. The lowest BCUT2D eigenvalue weighted by molar-refractivity contribution is 0.0808. The van der Waals surface area contributed by atoms with Crippen LogP contribution in [0.25, 0.3) is 0 Å². The zero-order chi connectivity index (χ0) is 20.7. The van der Waals surface area contributed by atoms with Gasteiger partial charge in [-0.1, -0.05) is 32.4 Å². The quantitative estimate of drug-likeness (QED) is 0.270. The Hall–Kier alpha value is -3.11. The average molecular weight is 399 g/mol. The first-order valence-corrected chi connectivity index (χ1v) is 9.03. The standard InChI is InChI=1S/C20H23ClN6O/c1-20(2,3)18(26-17(28)14-7-9-15(21)10-8-14)27(4)19(24-13-22)25-16-6-5-11-23-12-16/h5-12,18H,1-4H3,(H,24,25)(H,26,28). The van der Waals surface area contributed by atoms with E-state index in [-0.39, 0.29) is 11.3 Å². The van der Waals surface area contributed by atoms with E-state index < -0.39 is 6.17 Å². The molecular weight excluding hydrogens is 376 g/mol. The van der Waals surface area contributed by atoms with E-state index in [1.54, 1.807) is 60.7 Å². The second-order valence-corrected chi connectivity index (χ2v) is 7.68. The van der Waals surface area contributed by atoms with Gasteiger partial charge in [0.2, 0.25) is 5.96 Å². The molecule has 1 atom stereocenters. The first-order valence-electron chi connectivity index (χ1n) is 8.65. The number of rotatable bonds is 4. The lowest BCUT2D eigenvalue weighted by Crippen LogP contribution is -2.57. The van der Waals surface area contributed by atoms with Gasteiger partial charge in [-0.05, 0) is 36.4 Å². The molecule has 8 heteroatoms. The largest absolute Gasteiger partial charge is 0.331 e. The fraction of sp³-hybridized carbons (Fsp3) is 0.300. The number of nitrogens with zero attached hydrogens (tertiary/aromatic N) is 4. The van der Waals surface area contributed by atoms with Gasteiger partial charge in [0.05, 0.1) is 11.9 Å². The molecule has 0 saturated carbocycles. The number of carbonyl (C=O) groups excluding carboxylic acids is 1. The smallest absolute Gasteiger partial charge is 0.252 e. The van der Waals surface area contributed by atoms with E-state index in [1.807, 2.05) is 27.0 Å². The average Bonchev–Trinajstić information content (AvgIpc) is 2.65. The van der Waals surface area contributed by atoms with E-state index in [4.69, 9.17) is 16.9 Å². The van der Waals surface area contributed by atoms with Gasteiger partial charge in [0.25, 0.3) is 5.91 Å². The third-order valence-corrected chi connectivity index (χ3v) is 4.22. The number of nitriles is 1. The molecule has 1 aromatic carbocycles. The van der Waals surface area contributed by atoms with Gasteiger partial charge in [0, 0.05) is 29.2 Å². The second-order valence-electron chi connectivity index (χ2n) is 7.24. The fourth-order valence-electron chi connectivity index (χ4n) is 2.61. The number of halogens is 1. The Balaban J connectivity index is 2.32. The molecule has 1 heterocycles. The van der Waals surface area contributed by atoms with E-state index in [0.717, 1.165) is 0 Å². The van der Waals surface area contributed by atoms with Crippen LogP contribution in [0, 0.1) is 16.9 Å². The number of nitrogens with one attached hydrogen (secondary N) is 2. The normalized spacial score (nSPS) is 12.6. The van der Waals surface area contributed by atoms with Gasteiger partial charge in [0.15, 0.2) is 6.19 Å². The van der Waals surface area contributed by atoms with E-state index in [9.17, 15) is 4.79 Å². The Morgan fingerprint density at radius 2 is 1.96 bits per heavy atom. The number of carbonyl (C=O) groups is 1. The van der Waals surface area contributed by atoms with Gasteiger partial charge in [-0.3, -0.25) is 15.1 Å². The SMILES string of the molecule is CN(C(=Nc1cccnc1)NC#N)C(NC(=O)c1ccc(Cl)cc1)C(C)(C)C. The zero-order valence-corrected chi connectivity index (χ0v) is 17.0. The molecule has 0 spiro atoms. The van der Waals surface area contributed by atoms with Crippen molar-refractivity contribution >= 4 is 29.2 Å². The van der Waals surface area contributed by atoms with Gasteiger partial charge in [-0.25, -0.2) is 4.99 Å². The summed E-state index contributed by atoms with van der Waals surface area (Å²) >= 11 is 5.90. The molecule has 2 aromatic rings. The van der Waals surface area contributed by atoms with Gasteiger partial charge >= 0.3 is 0 Å². The minimum absolute atomic E-state index is 0.249. The molecule has 0 aliphatic carbocycles. The van der Waals surface area contributed by atoms with Crippen molar-refractivity contribution in [1.82, 2.24) is 20.5 Å². The summed E-state index contributed by atoms with van der Waals surface area (Å²) in [6.45, 7) is 5.97. The van der Waals surface area contributed by atoms with Crippen molar-refractivity contribution in [2.24, 2.45) is 10.4 Å². The molecule has 2 rings (SSSR count). The number of aromatic nitrogens is 1. The van der Waals surface area contributed by atoms with Gasteiger partial charge in [0.1, 0.15) is 6.17 Å². The molecule has 7 nitrogen and oxygen atoms in total. The molecule has 0 bridgehead atoms. The van der Waals surface area contributed by atoms with Crippen molar-refractivity contribution in [3.8, 4) is 6.19 Å². The van der Waals surface area contributed by atoms with Crippen molar-refractivity contribution in [2.45, 2.75) is 26.9 Å². The summed E-state index contributed by atoms with van der Waals surface area (Å²) in [6.07, 6.45) is 4.68. The van der Waals surface area contributed by atoms with Gasteiger partial charge in [-0.2, -0.15) is 5.26 Å². The van der Waals surface area contributed by atoms with Crippen molar-refractivity contribution in [2.75, 3.05) is 7.05 Å². The number of hydrogen-bond acceptors (Lipinski definition) is 4. The summed E-state index contributed by atoms with van der Waals surface area (Å²) in [4.78, 5) is 22.9. The Labute approximate surface area is 170 Å². The van der Waals surface area contributed by atoms with Gasteiger partial charge < -0.3 is 10.2 Å². The van der Waals surface area contributed by atoms with Crippen LogP contribution in [0.2, 0.25) is 5.02 Å². The van der Waals surface area contributed by atoms with E-state index >= 15 is 0 Å². The lowest BCUT2D eigenvalue weighted by Gasteiger charge is -2.39. The predicted octanol–water partition coefficient (Wildman–Crippen LogP) is 3.53. The van der Waals surface area contributed by atoms with E-state index in [0.29, 0.717) is 22.2 Å². The van der Waals surface area contributed by atoms with Crippen molar-refractivity contribution in [3.63, 3.8) is 0 Å². The molecule has 0 fully saturated rings. The van der Waals surface area contributed by atoms with Crippen LogP contribution < -0.4 is 10.6 Å². The minimum Gasteiger partial charge on any atom is -0.331 e. The van der Waals surface area contributed by atoms with Crippen molar-refractivity contribution in [1.29, 1.82) is 5.26 Å². The van der Waals surface area contributed by atoms with E-state index in [2.05, 4.69) is 20.6 Å². The predicted molar refractivity (Wildman–Crippen MR) is 110 cm³/mol. The number of benzene rings is 1. The van der Waals surface area contributed by atoms with Crippen LogP contribution in [0.3, 0.4) is 0 Å². The van der Waals surface area contributed by atoms with Crippen LogP contribution in [0.15, 0.2) is 53.8 Å². The third-order valence-electron chi connectivity index (χ3n) is 3.96. The molecule has 1 amide bonds. The maximum atomic E-state index is 12.7. The summed E-state index contributed by atoms with van der Waals surface area (Å²) in [5.74, 6) is 0.0490. The zero-order valence-electron chi connectivity index (χ0n) is 16.3. The van der Waals surface area contributed by atoms with Crippen LogP contribution in [0.1, 0.15) is 31.1 Å². The summed E-state index contributed by atoms with van der Waals surface area (Å²) in [5, 5.41) is 15.3. The van der Waals surface area contributed by atoms with E-state index in [1.165, 1.54) is 0 Å². The molecule has 1 aromatic heterocycles. The number of pyridine rings is 1. The monoisotopic (exact) mass is 398 g/mol. The van der Waals surface area contributed by atoms with Crippen LogP contribution in [-0.2, 0) is 0 Å². The highest BCUT2D eigenvalue weighted by molar-refractivity contribution is 6.30. The highest BCUT2D eigenvalue weighted by Gasteiger charge is 2.32. The first kappa shape index (κ1) is 21.2. The Bertz CT molecular complexity index is 868. The number of amides is 1. The Morgan fingerprint density at radius 1 is 1.29 bits per heavy atom.